The summed E-state index contributed by atoms with van der Waals surface area (Å²) in [6.07, 6.45) is 0.727. The molecule has 1 heterocycles. The van der Waals surface area contributed by atoms with E-state index in [-0.39, 0.29) is 47.8 Å². The molecule has 1 radical (unpaired) electrons. The first-order chi connectivity index (χ1) is 14.3. The van der Waals surface area contributed by atoms with E-state index in [1.54, 1.807) is 24.3 Å². The number of hydrogen-bond donors (Lipinski definition) is 3. The molecule has 0 saturated heterocycles. The van der Waals surface area contributed by atoms with Crippen molar-refractivity contribution < 1.29 is 24.5 Å². The standard InChI is InChI=1S/C24H26FNO4.Na/c1-15(2)26-21-6-4-3-5-20(21)24(16-7-9-17(25)10-8-16)22(26)12-11-18(27)13-19(28)14-23(29)30;/h3-12,15,18-19,27-28H,13-14H2,1-2H3,(H,29,30);/b12-11+;/t18-,19-;/m1./s1. The molecular weight excluding hydrogens is 408 g/mol. The SMILES string of the molecule is CC(C)n1c(/C=C/[C@@H](O)C[C@@H](O)CC(=O)O)c(-c2ccc(F)cc2)c2ccccc21.[Na]. The number of carbonyl (C=O) groups is 1. The van der Waals surface area contributed by atoms with E-state index >= 15 is 0 Å². The Bertz CT molecular complexity index is 1060. The van der Waals surface area contributed by atoms with Gasteiger partial charge in [0.25, 0.3) is 0 Å². The fraction of sp³-hybridized carbons (Fsp3) is 0.292. The van der Waals surface area contributed by atoms with Crippen molar-refractivity contribution in [1.82, 2.24) is 4.57 Å². The summed E-state index contributed by atoms with van der Waals surface area (Å²) in [4.78, 5) is 10.7. The number of aliphatic carboxylic acids is 1. The third kappa shape index (κ3) is 6.05. The maximum atomic E-state index is 13.5. The normalized spacial score (nSPS) is 13.5. The number of hydrogen-bond acceptors (Lipinski definition) is 3. The molecule has 3 aromatic rings. The van der Waals surface area contributed by atoms with E-state index < -0.39 is 24.6 Å². The average molecular weight is 434 g/mol. The number of rotatable bonds is 8. The molecule has 0 unspecified atom stereocenters. The zero-order valence-corrected chi connectivity index (χ0v) is 20.0. The number of aliphatic hydroxyl groups is 2. The van der Waals surface area contributed by atoms with E-state index in [0.29, 0.717) is 0 Å². The van der Waals surface area contributed by atoms with Gasteiger partial charge in [0.2, 0.25) is 0 Å². The van der Waals surface area contributed by atoms with Crippen LogP contribution in [0.25, 0.3) is 28.1 Å². The first-order valence-electron chi connectivity index (χ1n) is 9.93. The number of nitrogens with zero attached hydrogens (tertiary/aromatic N) is 1. The van der Waals surface area contributed by atoms with Crippen molar-refractivity contribution in [2.45, 2.75) is 44.9 Å². The van der Waals surface area contributed by atoms with Gasteiger partial charge in [-0.25, -0.2) is 4.39 Å². The van der Waals surface area contributed by atoms with E-state index in [2.05, 4.69) is 18.4 Å². The van der Waals surface area contributed by atoms with E-state index in [1.165, 1.54) is 12.1 Å². The largest absolute Gasteiger partial charge is 0.481 e. The Labute approximate surface area is 203 Å². The Morgan fingerprint density at radius 3 is 2.35 bits per heavy atom. The summed E-state index contributed by atoms with van der Waals surface area (Å²) in [7, 11) is 0. The van der Waals surface area contributed by atoms with Crippen molar-refractivity contribution in [3.05, 3.63) is 66.1 Å². The Kier molecular flexibility index (Phi) is 9.03. The van der Waals surface area contributed by atoms with Crippen molar-refractivity contribution in [2.24, 2.45) is 0 Å². The van der Waals surface area contributed by atoms with Crippen molar-refractivity contribution >= 4 is 52.5 Å². The molecule has 2 atom stereocenters. The van der Waals surface area contributed by atoms with Crippen LogP contribution in [0.2, 0.25) is 0 Å². The minimum absolute atomic E-state index is 0. The molecule has 31 heavy (non-hydrogen) atoms. The molecule has 1 aromatic heterocycles. The molecule has 0 aliphatic heterocycles. The molecule has 3 N–H and O–H groups in total. The van der Waals surface area contributed by atoms with E-state index in [4.69, 9.17) is 5.11 Å². The molecule has 5 nitrogen and oxygen atoms in total. The maximum absolute atomic E-state index is 13.5. The van der Waals surface area contributed by atoms with E-state index in [1.807, 2.05) is 24.3 Å². The summed E-state index contributed by atoms with van der Waals surface area (Å²) in [5.74, 6) is -1.43. The fourth-order valence-electron chi connectivity index (χ4n) is 3.77. The van der Waals surface area contributed by atoms with Crippen molar-refractivity contribution in [2.75, 3.05) is 0 Å². The molecular formula is C24H26FNNaO4. The van der Waals surface area contributed by atoms with Gasteiger partial charge in [-0.3, -0.25) is 4.79 Å². The zero-order valence-electron chi connectivity index (χ0n) is 18.0. The van der Waals surface area contributed by atoms with Gasteiger partial charge in [0, 0.05) is 64.2 Å². The molecule has 0 aliphatic carbocycles. The Balaban J connectivity index is 0.00000341. The number of para-hydroxylation sites is 1. The van der Waals surface area contributed by atoms with E-state index in [9.17, 15) is 19.4 Å². The second-order valence-electron chi connectivity index (χ2n) is 7.66. The van der Waals surface area contributed by atoms with Crippen molar-refractivity contribution in [1.29, 1.82) is 0 Å². The van der Waals surface area contributed by atoms with Crippen LogP contribution in [-0.2, 0) is 4.79 Å². The van der Waals surface area contributed by atoms with Gasteiger partial charge in [0.15, 0.2) is 0 Å². The number of fused-ring (bicyclic) bond motifs is 1. The maximum Gasteiger partial charge on any atom is 0.305 e. The van der Waals surface area contributed by atoms with Crippen LogP contribution < -0.4 is 0 Å². The van der Waals surface area contributed by atoms with Crippen LogP contribution >= 0.6 is 0 Å². The summed E-state index contributed by atoms with van der Waals surface area (Å²) in [6, 6.07) is 14.4. The molecule has 3 rings (SSSR count). The number of carboxylic acid groups (broad SMARTS) is 1. The van der Waals surface area contributed by atoms with Crippen LogP contribution in [0.1, 0.15) is 38.4 Å². The zero-order chi connectivity index (χ0) is 21.8. The number of halogens is 1. The Morgan fingerprint density at radius 2 is 1.74 bits per heavy atom. The van der Waals surface area contributed by atoms with Crippen LogP contribution in [0.3, 0.4) is 0 Å². The quantitative estimate of drug-likeness (QED) is 0.463. The van der Waals surface area contributed by atoms with Crippen LogP contribution in [0.4, 0.5) is 4.39 Å². The van der Waals surface area contributed by atoms with Crippen LogP contribution in [0, 0.1) is 5.82 Å². The van der Waals surface area contributed by atoms with Gasteiger partial charge in [-0.05, 0) is 43.7 Å². The molecule has 0 aliphatic rings. The summed E-state index contributed by atoms with van der Waals surface area (Å²) < 4.78 is 15.6. The molecule has 0 fully saturated rings. The van der Waals surface area contributed by atoms with Crippen LogP contribution in [0.5, 0.6) is 0 Å². The third-order valence-corrected chi connectivity index (χ3v) is 5.00. The van der Waals surface area contributed by atoms with Gasteiger partial charge in [0.1, 0.15) is 5.82 Å². The van der Waals surface area contributed by atoms with Gasteiger partial charge >= 0.3 is 5.97 Å². The predicted molar refractivity (Wildman–Crippen MR) is 121 cm³/mol. The average Bonchev–Trinajstić information content (AvgIpc) is 3.00. The van der Waals surface area contributed by atoms with Gasteiger partial charge in [-0.1, -0.05) is 36.4 Å². The molecule has 159 valence electrons. The van der Waals surface area contributed by atoms with E-state index in [0.717, 1.165) is 27.7 Å². The summed E-state index contributed by atoms with van der Waals surface area (Å²) in [5, 5.41) is 29.9. The minimum Gasteiger partial charge on any atom is -0.481 e. The van der Waals surface area contributed by atoms with Crippen LogP contribution in [0.15, 0.2) is 54.6 Å². The van der Waals surface area contributed by atoms with Gasteiger partial charge < -0.3 is 19.9 Å². The molecule has 0 spiro atoms. The first kappa shape index (κ1) is 25.3. The number of aromatic nitrogens is 1. The topological polar surface area (TPSA) is 82.7 Å². The fourth-order valence-corrected chi connectivity index (χ4v) is 3.77. The molecule has 0 amide bonds. The molecule has 2 aromatic carbocycles. The number of carboxylic acids is 1. The molecule has 0 bridgehead atoms. The number of aliphatic hydroxyl groups excluding tert-OH is 2. The van der Waals surface area contributed by atoms with Gasteiger partial charge in [-0.15, -0.1) is 0 Å². The molecule has 0 saturated carbocycles. The Morgan fingerprint density at radius 1 is 1.10 bits per heavy atom. The monoisotopic (exact) mass is 434 g/mol. The van der Waals surface area contributed by atoms with Gasteiger partial charge in [0.05, 0.1) is 18.6 Å². The van der Waals surface area contributed by atoms with Gasteiger partial charge in [-0.2, -0.15) is 0 Å². The van der Waals surface area contributed by atoms with Crippen molar-refractivity contribution in [3.63, 3.8) is 0 Å². The summed E-state index contributed by atoms with van der Waals surface area (Å²) >= 11 is 0. The first-order valence-corrected chi connectivity index (χ1v) is 9.93. The molecule has 7 heteroatoms. The second kappa shape index (κ2) is 11.1. The predicted octanol–water partition coefficient (Wildman–Crippen LogP) is 4.25. The number of benzene rings is 2. The second-order valence-corrected chi connectivity index (χ2v) is 7.66. The van der Waals surface area contributed by atoms with Crippen LogP contribution in [-0.4, -0.2) is 67.6 Å². The minimum atomic E-state index is -1.13. The smallest absolute Gasteiger partial charge is 0.305 e. The van der Waals surface area contributed by atoms with Crippen molar-refractivity contribution in [3.8, 4) is 11.1 Å². The Hall–Kier alpha value is -1.96. The third-order valence-electron chi connectivity index (χ3n) is 5.00. The summed E-state index contributed by atoms with van der Waals surface area (Å²) in [5.41, 5.74) is 3.65. The summed E-state index contributed by atoms with van der Waals surface area (Å²) in [6.45, 7) is 4.12.